The van der Waals surface area contributed by atoms with Gasteiger partial charge in [-0.2, -0.15) is 0 Å². The summed E-state index contributed by atoms with van der Waals surface area (Å²) in [6.07, 6.45) is 3.93. The Morgan fingerprint density at radius 2 is 1.89 bits per heavy atom. The molecule has 4 fully saturated rings. The smallest absolute Gasteiger partial charge is 0.289 e. The molecule has 6 nitrogen and oxygen atoms in total. The van der Waals surface area contributed by atoms with Gasteiger partial charge in [-0.15, -0.1) is 0 Å². The third-order valence-electron chi connectivity index (χ3n) is 6.81. The molecule has 0 spiro atoms. The van der Waals surface area contributed by atoms with Crippen molar-refractivity contribution in [2.45, 2.75) is 30.8 Å². The number of piperidine rings is 3. The fraction of sp³-hybridized carbons (Fsp3) is 0.476. The Morgan fingerprint density at radius 1 is 1.04 bits per heavy atom. The van der Waals surface area contributed by atoms with Crippen molar-refractivity contribution in [1.82, 2.24) is 9.80 Å². The number of nitrogens with zero attached hydrogens (tertiary/aromatic N) is 2. The molecule has 0 aliphatic carbocycles. The summed E-state index contributed by atoms with van der Waals surface area (Å²) in [6.45, 7) is 3.28. The Bertz CT molecular complexity index is 872. The predicted molar refractivity (Wildman–Crippen MR) is 96.9 cm³/mol. The van der Waals surface area contributed by atoms with E-state index in [9.17, 15) is 4.79 Å². The maximum Gasteiger partial charge on any atom is 0.289 e. The van der Waals surface area contributed by atoms with Crippen LogP contribution < -0.4 is 9.47 Å². The summed E-state index contributed by atoms with van der Waals surface area (Å²) < 4.78 is 16.5. The number of furan rings is 1. The van der Waals surface area contributed by atoms with E-state index in [0.29, 0.717) is 17.7 Å². The molecule has 5 aliphatic heterocycles. The maximum absolute atomic E-state index is 13.2. The van der Waals surface area contributed by atoms with Gasteiger partial charge in [0.2, 0.25) is 6.79 Å². The van der Waals surface area contributed by atoms with Crippen LogP contribution in [0.15, 0.2) is 41.0 Å². The van der Waals surface area contributed by atoms with Gasteiger partial charge in [0.05, 0.1) is 12.3 Å². The van der Waals surface area contributed by atoms with Crippen molar-refractivity contribution in [3.05, 3.63) is 47.9 Å². The van der Waals surface area contributed by atoms with Gasteiger partial charge in [0.25, 0.3) is 5.91 Å². The number of likely N-dealkylation sites (tertiary alicyclic amines) is 1. The monoisotopic (exact) mass is 366 g/mol. The maximum atomic E-state index is 13.2. The lowest BCUT2D eigenvalue weighted by Gasteiger charge is -2.51. The highest BCUT2D eigenvalue weighted by molar-refractivity contribution is 5.92. The fourth-order valence-corrected chi connectivity index (χ4v) is 5.63. The van der Waals surface area contributed by atoms with Crippen LogP contribution in [0.3, 0.4) is 0 Å². The van der Waals surface area contributed by atoms with Crippen molar-refractivity contribution < 1.29 is 18.7 Å². The summed E-state index contributed by atoms with van der Waals surface area (Å²) in [5.74, 6) is 2.95. The topological polar surface area (TPSA) is 55.2 Å². The van der Waals surface area contributed by atoms with Crippen molar-refractivity contribution in [2.75, 3.05) is 26.4 Å². The van der Waals surface area contributed by atoms with Crippen LogP contribution in [-0.4, -0.2) is 54.2 Å². The van der Waals surface area contributed by atoms with Crippen molar-refractivity contribution in [3.63, 3.8) is 0 Å². The minimum absolute atomic E-state index is 0.0204. The molecule has 27 heavy (non-hydrogen) atoms. The van der Waals surface area contributed by atoms with E-state index in [1.165, 1.54) is 18.4 Å². The SMILES string of the molecule is O=C(c1ccco1)N1C[C@H](c2ccc3c(c2)OCO3)[C@@H]2[C@H]1C1CCN2CC1. The van der Waals surface area contributed by atoms with Gasteiger partial charge in [-0.05, 0) is 61.7 Å². The standard InChI is InChI=1S/C21H22N2O4/c24-21(17-2-1-9-25-17)23-11-15(14-3-4-16-18(10-14)27-12-26-16)20-19(23)13-5-7-22(20)8-6-13/h1-4,9-10,13,15,19-20H,5-8,11-12H2/t15-,19-,20-/m1/s1. The first-order valence-corrected chi connectivity index (χ1v) is 9.78. The van der Waals surface area contributed by atoms with Crippen LogP contribution in [0.5, 0.6) is 11.5 Å². The van der Waals surface area contributed by atoms with E-state index in [1.807, 2.05) is 6.07 Å². The zero-order valence-electron chi connectivity index (χ0n) is 15.0. The predicted octanol–water partition coefficient (Wildman–Crippen LogP) is 2.71. The van der Waals surface area contributed by atoms with Gasteiger partial charge in [-0.3, -0.25) is 9.69 Å². The van der Waals surface area contributed by atoms with E-state index in [2.05, 4.69) is 21.9 Å². The first-order chi connectivity index (χ1) is 13.3. The zero-order chi connectivity index (χ0) is 18.0. The molecule has 4 saturated heterocycles. The van der Waals surface area contributed by atoms with Crippen LogP contribution in [0, 0.1) is 5.92 Å². The lowest BCUT2D eigenvalue weighted by atomic mass is 9.75. The second-order valence-corrected chi connectivity index (χ2v) is 8.01. The third kappa shape index (κ3) is 2.26. The number of rotatable bonds is 2. The molecule has 140 valence electrons. The van der Waals surface area contributed by atoms with Gasteiger partial charge in [0.15, 0.2) is 17.3 Å². The van der Waals surface area contributed by atoms with Gasteiger partial charge in [0, 0.05) is 18.5 Å². The van der Waals surface area contributed by atoms with E-state index in [1.54, 1.807) is 18.4 Å². The summed E-state index contributed by atoms with van der Waals surface area (Å²) in [6, 6.07) is 10.4. The molecule has 3 atom stereocenters. The molecular weight excluding hydrogens is 344 g/mol. The van der Waals surface area contributed by atoms with Crippen LogP contribution in [0.4, 0.5) is 0 Å². The zero-order valence-corrected chi connectivity index (χ0v) is 15.0. The van der Waals surface area contributed by atoms with Crippen molar-refractivity contribution in [3.8, 4) is 11.5 Å². The normalized spacial score (nSPS) is 33.3. The minimum Gasteiger partial charge on any atom is -0.459 e. The molecule has 1 amide bonds. The quantitative estimate of drug-likeness (QED) is 0.818. The second kappa shape index (κ2) is 5.76. The molecule has 2 aromatic rings. The number of amides is 1. The Labute approximate surface area is 157 Å². The summed E-state index contributed by atoms with van der Waals surface area (Å²) in [5, 5.41) is 0. The molecule has 6 heterocycles. The molecule has 0 saturated carbocycles. The van der Waals surface area contributed by atoms with Crippen LogP contribution in [0.2, 0.25) is 0 Å². The number of fused-ring (bicyclic) bond motifs is 3. The fourth-order valence-electron chi connectivity index (χ4n) is 5.63. The number of hydrogen-bond acceptors (Lipinski definition) is 5. The van der Waals surface area contributed by atoms with Crippen LogP contribution in [-0.2, 0) is 0 Å². The largest absolute Gasteiger partial charge is 0.459 e. The van der Waals surface area contributed by atoms with Crippen molar-refractivity contribution >= 4 is 5.91 Å². The number of hydrogen-bond donors (Lipinski definition) is 0. The summed E-state index contributed by atoms with van der Waals surface area (Å²) >= 11 is 0. The summed E-state index contributed by atoms with van der Waals surface area (Å²) in [7, 11) is 0. The Kier molecular flexibility index (Phi) is 3.32. The Morgan fingerprint density at radius 3 is 2.70 bits per heavy atom. The van der Waals surface area contributed by atoms with Crippen molar-refractivity contribution in [1.29, 1.82) is 0 Å². The summed E-state index contributed by atoms with van der Waals surface area (Å²) in [4.78, 5) is 17.8. The lowest BCUT2D eigenvalue weighted by Crippen LogP contribution is -2.60. The molecule has 0 radical (unpaired) electrons. The van der Waals surface area contributed by atoms with E-state index in [-0.39, 0.29) is 24.7 Å². The molecule has 0 N–H and O–H groups in total. The van der Waals surface area contributed by atoms with Crippen LogP contribution in [0.25, 0.3) is 0 Å². The molecular formula is C21H22N2O4. The number of benzene rings is 1. The highest BCUT2D eigenvalue weighted by Crippen LogP contribution is 2.48. The van der Waals surface area contributed by atoms with Crippen LogP contribution >= 0.6 is 0 Å². The number of ether oxygens (including phenoxy) is 2. The average molecular weight is 366 g/mol. The molecule has 2 bridgehead atoms. The Hall–Kier alpha value is -2.47. The minimum atomic E-state index is 0.0204. The highest BCUT2D eigenvalue weighted by Gasteiger charge is 2.55. The number of carbonyl (C=O) groups is 1. The molecule has 7 rings (SSSR count). The first kappa shape index (κ1) is 15.6. The van der Waals surface area contributed by atoms with Gasteiger partial charge in [0.1, 0.15) is 0 Å². The Balaban J connectivity index is 1.39. The van der Waals surface area contributed by atoms with Gasteiger partial charge >= 0.3 is 0 Å². The average Bonchev–Trinajstić information content (AvgIpc) is 3.47. The molecule has 6 heteroatoms. The van der Waals surface area contributed by atoms with E-state index >= 15 is 0 Å². The molecule has 1 aromatic carbocycles. The molecule has 0 unspecified atom stereocenters. The van der Waals surface area contributed by atoms with Gasteiger partial charge in [-0.1, -0.05) is 6.07 Å². The van der Waals surface area contributed by atoms with Crippen LogP contribution in [0.1, 0.15) is 34.9 Å². The molecule has 5 aliphatic rings. The summed E-state index contributed by atoms with van der Waals surface area (Å²) in [5.41, 5.74) is 1.23. The third-order valence-corrected chi connectivity index (χ3v) is 6.81. The second-order valence-electron chi connectivity index (χ2n) is 8.01. The van der Waals surface area contributed by atoms with E-state index in [4.69, 9.17) is 13.9 Å². The first-order valence-electron chi connectivity index (χ1n) is 9.78. The van der Waals surface area contributed by atoms with E-state index < -0.39 is 0 Å². The molecule has 1 aromatic heterocycles. The number of carbonyl (C=O) groups excluding carboxylic acids is 1. The van der Waals surface area contributed by atoms with Gasteiger partial charge < -0.3 is 18.8 Å². The lowest BCUT2D eigenvalue weighted by molar-refractivity contribution is -0.00429. The van der Waals surface area contributed by atoms with E-state index in [0.717, 1.165) is 31.1 Å². The van der Waals surface area contributed by atoms with Crippen molar-refractivity contribution in [2.24, 2.45) is 5.92 Å². The van der Waals surface area contributed by atoms with Gasteiger partial charge in [-0.25, -0.2) is 0 Å². The highest BCUT2D eigenvalue weighted by atomic mass is 16.7.